The second-order valence-electron chi connectivity index (χ2n) is 7.27. The van der Waals surface area contributed by atoms with Gasteiger partial charge in [-0.05, 0) is 73.9 Å². The van der Waals surface area contributed by atoms with E-state index in [4.69, 9.17) is 0 Å². The van der Waals surface area contributed by atoms with E-state index in [1.165, 1.54) is 30.3 Å². The lowest BCUT2D eigenvalue weighted by Crippen LogP contribution is -2.09. The van der Waals surface area contributed by atoms with Gasteiger partial charge in [0.25, 0.3) is 10.0 Å². The summed E-state index contributed by atoms with van der Waals surface area (Å²) < 4.78 is 53.0. The Kier molecular flexibility index (Phi) is 7.33. The second-order valence-corrected chi connectivity index (χ2v) is 10.8. The lowest BCUT2D eigenvalue weighted by molar-refractivity contribution is 0.596. The summed E-state index contributed by atoms with van der Waals surface area (Å²) in [4.78, 5) is 0.306. The highest BCUT2D eigenvalue weighted by molar-refractivity contribution is 7.95. The molecular weight excluding hydrogens is 442 g/mol. The Labute approximate surface area is 190 Å². The average Bonchev–Trinajstić information content (AvgIpc) is 2.99. The van der Waals surface area contributed by atoms with E-state index in [2.05, 4.69) is 4.72 Å². The molecule has 0 unspecified atom stereocenters. The predicted octanol–water partition coefficient (Wildman–Crippen LogP) is 5.42. The van der Waals surface area contributed by atoms with Crippen LogP contribution in [0.5, 0.6) is 0 Å². The largest absolute Gasteiger partial charge is 0.280 e. The van der Waals surface area contributed by atoms with Crippen LogP contribution in [0.15, 0.2) is 106 Å². The van der Waals surface area contributed by atoms with Crippen LogP contribution >= 0.6 is 0 Å². The van der Waals surface area contributed by atoms with Gasteiger partial charge >= 0.3 is 0 Å². The van der Waals surface area contributed by atoms with E-state index in [9.17, 15) is 16.8 Å². The highest BCUT2D eigenvalue weighted by atomic mass is 32.2. The Morgan fingerprint density at radius 1 is 0.969 bits per heavy atom. The van der Waals surface area contributed by atoms with Gasteiger partial charge in [-0.2, -0.15) is 0 Å². The van der Waals surface area contributed by atoms with Gasteiger partial charge in [0.15, 0.2) is 0 Å². The number of benzene rings is 2. The molecule has 2 aromatic rings. The molecule has 0 aliphatic heterocycles. The van der Waals surface area contributed by atoms with E-state index in [-0.39, 0.29) is 15.5 Å². The SMILES string of the molecule is C\C=C/C(C)=C\C=C\S(=O)(=O)Nc1ccc(S(=O)(=O)c2ccc3c(c2)CC=CC=C3)cc1. The van der Waals surface area contributed by atoms with Crippen molar-refractivity contribution < 1.29 is 16.8 Å². The number of sulfonamides is 1. The van der Waals surface area contributed by atoms with Crippen molar-refractivity contribution in [2.75, 3.05) is 4.72 Å². The molecule has 0 fully saturated rings. The summed E-state index contributed by atoms with van der Waals surface area (Å²) in [5.74, 6) is 0. The molecule has 2 aromatic carbocycles. The summed E-state index contributed by atoms with van der Waals surface area (Å²) in [5.41, 5.74) is 3.12. The molecule has 0 radical (unpaired) electrons. The molecule has 0 saturated carbocycles. The minimum Gasteiger partial charge on any atom is -0.280 e. The van der Waals surface area contributed by atoms with Gasteiger partial charge in [0.1, 0.15) is 0 Å². The van der Waals surface area contributed by atoms with Crippen LogP contribution in [0.1, 0.15) is 25.0 Å². The number of nitrogens with one attached hydrogen (secondary N) is 1. The first kappa shape index (κ1) is 23.5. The summed E-state index contributed by atoms with van der Waals surface area (Å²) in [6, 6.07) is 10.8. The van der Waals surface area contributed by atoms with E-state index in [0.717, 1.165) is 22.1 Å². The van der Waals surface area contributed by atoms with E-state index < -0.39 is 19.9 Å². The predicted molar refractivity (Wildman–Crippen MR) is 130 cm³/mol. The number of rotatable bonds is 7. The monoisotopic (exact) mass is 467 g/mol. The third kappa shape index (κ3) is 5.96. The van der Waals surface area contributed by atoms with Crippen molar-refractivity contribution in [1.82, 2.24) is 0 Å². The van der Waals surface area contributed by atoms with Gasteiger partial charge in [0, 0.05) is 5.69 Å². The van der Waals surface area contributed by atoms with Crippen molar-refractivity contribution in [3.63, 3.8) is 0 Å². The molecule has 0 spiro atoms. The second kappa shape index (κ2) is 9.97. The fourth-order valence-electron chi connectivity index (χ4n) is 3.17. The van der Waals surface area contributed by atoms with Crippen LogP contribution in [0, 0.1) is 0 Å². The molecule has 0 saturated heterocycles. The lowest BCUT2D eigenvalue weighted by Gasteiger charge is -2.10. The summed E-state index contributed by atoms with van der Waals surface area (Å²) >= 11 is 0. The zero-order valence-corrected chi connectivity index (χ0v) is 19.5. The minimum atomic E-state index is -3.73. The van der Waals surface area contributed by atoms with Crippen molar-refractivity contribution in [3.8, 4) is 0 Å². The summed E-state index contributed by atoms with van der Waals surface area (Å²) in [7, 11) is -7.45. The average molecular weight is 468 g/mol. The molecule has 0 amide bonds. The summed E-state index contributed by atoms with van der Waals surface area (Å²) in [5, 5.41) is 1.06. The molecule has 1 aliphatic rings. The third-order valence-corrected chi connectivity index (χ3v) is 7.56. The molecule has 0 atom stereocenters. The number of sulfone groups is 1. The van der Waals surface area contributed by atoms with Gasteiger partial charge in [0.05, 0.1) is 15.2 Å². The van der Waals surface area contributed by atoms with E-state index in [0.29, 0.717) is 6.42 Å². The fraction of sp³-hybridized carbons (Fsp3) is 0.120. The molecule has 5 nitrogen and oxygen atoms in total. The molecule has 0 bridgehead atoms. The van der Waals surface area contributed by atoms with Crippen LogP contribution in [0.4, 0.5) is 5.69 Å². The maximum absolute atomic E-state index is 13.1. The van der Waals surface area contributed by atoms with Gasteiger partial charge in [0.2, 0.25) is 9.84 Å². The molecule has 166 valence electrons. The first-order chi connectivity index (χ1) is 15.2. The van der Waals surface area contributed by atoms with E-state index in [1.54, 1.807) is 24.3 Å². The van der Waals surface area contributed by atoms with Crippen molar-refractivity contribution >= 4 is 31.6 Å². The Balaban J connectivity index is 1.78. The smallest absolute Gasteiger partial charge is 0.255 e. The van der Waals surface area contributed by atoms with Crippen LogP contribution in [-0.2, 0) is 26.3 Å². The van der Waals surface area contributed by atoms with Crippen LogP contribution in [0.3, 0.4) is 0 Å². The van der Waals surface area contributed by atoms with Crippen LogP contribution in [0.2, 0.25) is 0 Å². The van der Waals surface area contributed by atoms with Crippen molar-refractivity contribution in [3.05, 3.63) is 107 Å². The summed E-state index contributed by atoms with van der Waals surface area (Å²) in [6.45, 7) is 3.74. The Hall–Kier alpha value is -3.16. The Morgan fingerprint density at radius 3 is 2.41 bits per heavy atom. The van der Waals surface area contributed by atoms with Gasteiger partial charge < -0.3 is 0 Å². The zero-order chi connectivity index (χ0) is 23.2. The minimum absolute atomic E-state index is 0.0977. The maximum Gasteiger partial charge on any atom is 0.255 e. The van der Waals surface area contributed by atoms with Crippen molar-refractivity contribution in [2.45, 2.75) is 30.1 Å². The first-order valence-electron chi connectivity index (χ1n) is 10.0. The van der Waals surface area contributed by atoms with Gasteiger partial charge in [-0.3, -0.25) is 4.72 Å². The molecule has 0 aromatic heterocycles. The Bertz CT molecular complexity index is 1340. The van der Waals surface area contributed by atoms with E-state index >= 15 is 0 Å². The fourth-order valence-corrected chi connectivity index (χ4v) is 5.30. The number of hydrogen-bond acceptors (Lipinski definition) is 4. The third-order valence-electron chi connectivity index (χ3n) is 4.76. The molecule has 7 heteroatoms. The molecule has 0 heterocycles. The lowest BCUT2D eigenvalue weighted by atomic mass is 10.1. The normalized spacial score (nSPS) is 14.6. The number of fused-ring (bicyclic) bond motifs is 1. The van der Waals surface area contributed by atoms with Crippen LogP contribution < -0.4 is 4.72 Å². The number of anilines is 1. The van der Waals surface area contributed by atoms with Crippen molar-refractivity contribution in [1.29, 1.82) is 0 Å². The molecule has 1 aliphatic carbocycles. The molecule has 1 N–H and O–H groups in total. The molecule has 32 heavy (non-hydrogen) atoms. The van der Waals surface area contributed by atoms with Crippen LogP contribution in [-0.4, -0.2) is 16.8 Å². The highest BCUT2D eigenvalue weighted by Crippen LogP contribution is 2.26. The molecule has 3 rings (SSSR count). The Morgan fingerprint density at radius 2 is 1.69 bits per heavy atom. The van der Waals surface area contributed by atoms with Gasteiger partial charge in [-0.15, -0.1) is 0 Å². The van der Waals surface area contributed by atoms with Crippen molar-refractivity contribution in [2.24, 2.45) is 0 Å². The molecular formula is C25H25NO4S2. The quantitative estimate of drug-likeness (QED) is 0.551. The van der Waals surface area contributed by atoms with Gasteiger partial charge in [-0.25, -0.2) is 16.8 Å². The zero-order valence-electron chi connectivity index (χ0n) is 17.9. The number of hydrogen-bond donors (Lipinski definition) is 1. The first-order valence-corrected chi connectivity index (χ1v) is 13.1. The summed E-state index contributed by atoms with van der Waals surface area (Å²) in [6.07, 6.45) is 15.3. The van der Waals surface area contributed by atoms with Gasteiger partial charge in [-0.1, -0.05) is 54.2 Å². The highest BCUT2D eigenvalue weighted by Gasteiger charge is 2.19. The number of allylic oxidation sites excluding steroid dienone is 8. The maximum atomic E-state index is 13.1. The van der Waals surface area contributed by atoms with E-state index in [1.807, 2.05) is 50.3 Å². The van der Waals surface area contributed by atoms with Crippen LogP contribution in [0.25, 0.3) is 6.08 Å². The standard InChI is InChI=1S/C25H25NO4S2/c1-3-8-20(2)9-7-18-31(27,28)26-23-13-16-24(17-14-23)32(29,30)25-15-12-21-10-5-4-6-11-22(21)19-25/h3-10,12-19,26H,11H2,1-2H3/b8-3-,18-7+,20-9-. The topological polar surface area (TPSA) is 80.3 Å².